The first kappa shape index (κ1) is 21.4. The van der Waals surface area contributed by atoms with Crippen LogP contribution in [0.1, 0.15) is 36.7 Å². The highest BCUT2D eigenvalue weighted by Crippen LogP contribution is 2.29. The second kappa shape index (κ2) is 9.89. The molecule has 1 aromatic heterocycles. The average Bonchev–Trinajstić information content (AvgIpc) is 2.63. The van der Waals surface area contributed by atoms with E-state index in [9.17, 15) is 14.4 Å². The van der Waals surface area contributed by atoms with Crippen LogP contribution in [0.4, 0.5) is 4.79 Å². The summed E-state index contributed by atoms with van der Waals surface area (Å²) in [7, 11) is 0. The lowest BCUT2D eigenvalue weighted by Crippen LogP contribution is -2.46. The van der Waals surface area contributed by atoms with Gasteiger partial charge in [0, 0.05) is 17.1 Å². The number of pyridine rings is 1. The van der Waals surface area contributed by atoms with Gasteiger partial charge in [-0.25, -0.2) is 14.6 Å². The lowest BCUT2D eigenvalue weighted by molar-refractivity contribution is -0.127. The molecule has 0 unspecified atom stereocenters. The summed E-state index contributed by atoms with van der Waals surface area (Å²) in [5.74, 6) is -1.39. The smallest absolute Gasteiger partial charge is 0.341 e. The largest absolute Gasteiger partial charge is 0.449 e. The Morgan fingerprint density at radius 3 is 2.39 bits per heavy atom. The molecule has 7 nitrogen and oxygen atoms in total. The highest BCUT2D eigenvalue weighted by atomic mass is 32.2. The van der Waals surface area contributed by atoms with Gasteiger partial charge in [0.05, 0.1) is 5.56 Å². The zero-order chi connectivity index (χ0) is 20.7. The van der Waals surface area contributed by atoms with Crippen molar-refractivity contribution in [3.05, 3.63) is 53.7 Å². The van der Waals surface area contributed by atoms with Gasteiger partial charge in [0.25, 0.3) is 5.91 Å². The molecule has 0 aliphatic heterocycles. The third kappa shape index (κ3) is 6.38. The van der Waals surface area contributed by atoms with E-state index in [4.69, 9.17) is 4.74 Å². The van der Waals surface area contributed by atoms with Gasteiger partial charge in [0.15, 0.2) is 6.10 Å². The molecule has 3 amide bonds. The lowest BCUT2D eigenvalue weighted by atomic mass is 10.2. The predicted molar refractivity (Wildman–Crippen MR) is 106 cm³/mol. The minimum Gasteiger partial charge on any atom is -0.449 e. The fourth-order valence-corrected chi connectivity index (χ4v) is 3.01. The maximum absolute atomic E-state index is 12.5. The molecule has 0 saturated heterocycles. The molecule has 2 aromatic rings. The Balaban J connectivity index is 2.04. The van der Waals surface area contributed by atoms with Crippen LogP contribution in [0.5, 0.6) is 0 Å². The molecule has 0 spiro atoms. The topological polar surface area (TPSA) is 97.4 Å². The van der Waals surface area contributed by atoms with Crippen LogP contribution in [0, 0.1) is 6.92 Å². The van der Waals surface area contributed by atoms with Gasteiger partial charge in [0.2, 0.25) is 0 Å². The number of imide groups is 1. The molecule has 148 valence electrons. The van der Waals surface area contributed by atoms with Crippen molar-refractivity contribution in [1.29, 1.82) is 0 Å². The predicted octanol–water partition coefficient (Wildman–Crippen LogP) is 3.32. The van der Waals surface area contributed by atoms with E-state index in [2.05, 4.69) is 15.6 Å². The van der Waals surface area contributed by atoms with Crippen LogP contribution in [-0.4, -0.2) is 35.0 Å². The summed E-state index contributed by atoms with van der Waals surface area (Å²) in [6.07, 6.45) is 0.447. The third-order valence-electron chi connectivity index (χ3n) is 3.54. The van der Waals surface area contributed by atoms with E-state index in [1.165, 1.54) is 18.7 Å². The normalized spacial score (nSPS) is 11.6. The summed E-state index contributed by atoms with van der Waals surface area (Å²) in [4.78, 5) is 41.4. The molecule has 8 heteroatoms. The summed E-state index contributed by atoms with van der Waals surface area (Å²) in [5.41, 5.74) is 1.38. The van der Waals surface area contributed by atoms with Crippen LogP contribution >= 0.6 is 11.8 Å². The Morgan fingerprint density at radius 1 is 1.07 bits per heavy atom. The number of amides is 3. The molecule has 0 radical (unpaired) electrons. The van der Waals surface area contributed by atoms with Crippen molar-refractivity contribution in [3.63, 3.8) is 0 Å². The first-order chi connectivity index (χ1) is 13.3. The average molecular weight is 401 g/mol. The number of esters is 1. The zero-order valence-electron chi connectivity index (χ0n) is 16.2. The maximum atomic E-state index is 12.5. The fraction of sp³-hybridized carbons (Fsp3) is 0.300. The van der Waals surface area contributed by atoms with Crippen LogP contribution in [0.2, 0.25) is 0 Å². The molecule has 0 fully saturated rings. The van der Waals surface area contributed by atoms with Crippen LogP contribution in [0.3, 0.4) is 0 Å². The Kier molecular flexibility index (Phi) is 7.57. The molecule has 2 rings (SSSR count). The second-order valence-corrected chi connectivity index (χ2v) is 7.50. The third-order valence-corrected chi connectivity index (χ3v) is 4.56. The standard InChI is InChI=1S/C20H23N3O4S/c1-12(2)22-20(26)23-17(24)14(4)27-19(25)16-6-5-11-21-18(16)28-15-9-7-13(3)8-10-15/h5-12,14H,1-4H3,(H2,22,23,24,26)/t14-/m0/s1. The van der Waals surface area contributed by atoms with Crippen molar-refractivity contribution in [3.8, 4) is 0 Å². The highest BCUT2D eigenvalue weighted by molar-refractivity contribution is 7.99. The van der Waals surface area contributed by atoms with Gasteiger partial charge < -0.3 is 10.1 Å². The minimum atomic E-state index is -1.14. The van der Waals surface area contributed by atoms with Crippen molar-refractivity contribution in [1.82, 2.24) is 15.6 Å². The molecule has 0 bridgehead atoms. The van der Waals surface area contributed by atoms with Gasteiger partial charge in [0.1, 0.15) is 5.03 Å². The molecular weight excluding hydrogens is 378 g/mol. The number of hydrogen-bond donors (Lipinski definition) is 2. The van der Waals surface area contributed by atoms with Gasteiger partial charge in [-0.1, -0.05) is 29.5 Å². The Bertz CT molecular complexity index is 853. The Labute approximate surface area is 168 Å². The summed E-state index contributed by atoms with van der Waals surface area (Å²) in [5, 5.41) is 5.14. The molecule has 28 heavy (non-hydrogen) atoms. The molecule has 0 aliphatic carbocycles. The summed E-state index contributed by atoms with van der Waals surface area (Å²) in [6.45, 7) is 6.93. The number of urea groups is 1. The van der Waals surface area contributed by atoms with E-state index >= 15 is 0 Å². The van der Waals surface area contributed by atoms with Crippen LogP contribution < -0.4 is 10.6 Å². The SMILES string of the molecule is Cc1ccc(Sc2ncccc2C(=O)O[C@@H](C)C(=O)NC(=O)NC(C)C)cc1. The van der Waals surface area contributed by atoms with E-state index in [1.54, 1.807) is 32.2 Å². The number of benzene rings is 1. The molecular formula is C20H23N3O4S. The van der Waals surface area contributed by atoms with Gasteiger partial charge in [-0.2, -0.15) is 0 Å². The monoisotopic (exact) mass is 401 g/mol. The number of ether oxygens (including phenoxy) is 1. The molecule has 1 heterocycles. The molecule has 2 N–H and O–H groups in total. The second-order valence-electron chi connectivity index (χ2n) is 6.44. The number of rotatable bonds is 6. The molecule has 0 saturated carbocycles. The zero-order valence-corrected chi connectivity index (χ0v) is 17.0. The summed E-state index contributed by atoms with van der Waals surface area (Å²) < 4.78 is 5.22. The van der Waals surface area contributed by atoms with Crippen molar-refractivity contribution in [2.45, 2.75) is 49.8 Å². The van der Waals surface area contributed by atoms with E-state index in [0.717, 1.165) is 10.5 Å². The van der Waals surface area contributed by atoms with E-state index < -0.39 is 24.0 Å². The molecule has 1 aromatic carbocycles. The van der Waals surface area contributed by atoms with Gasteiger partial charge in [-0.05, 0) is 52.0 Å². The highest BCUT2D eigenvalue weighted by Gasteiger charge is 2.23. The van der Waals surface area contributed by atoms with Gasteiger partial charge >= 0.3 is 12.0 Å². The lowest BCUT2D eigenvalue weighted by Gasteiger charge is -2.15. The molecule has 0 aliphatic rings. The fourth-order valence-electron chi connectivity index (χ4n) is 2.13. The summed E-state index contributed by atoms with van der Waals surface area (Å²) in [6, 6.07) is 10.3. The van der Waals surface area contributed by atoms with Crippen LogP contribution in [-0.2, 0) is 9.53 Å². The number of nitrogens with zero attached hydrogens (tertiary/aromatic N) is 1. The number of carbonyl (C=O) groups is 3. The Morgan fingerprint density at radius 2 is 1.75 bits per heavy atom. The number of nitrogens with one attached hydrogen (secondary N) is 2. The van der Waals surface area contributed by atoms with Crippen LogP contribution in [0.15, 0.2) is 52.5 Å². The van der Waals surface area contributed by atoms with E-state index in [-0.39, 0.29) is 11.6 Å². The van der Waals surface area contributed by atoms with E-state index in [1.807, 2.05) is 31.2 Å². The summed E-state index contributed by atoms with van der Waals surface area (Å²) >= 11 is 1.33. The van der Waals surface area contributed by atoms with Crippen LogP contribution in [0.25, 0.3) is 0 Å². The van der Waals surface area contributed by atoms with Crippen molar-refractivity contribution in [2.75, 3.05) is 0 Å². The number of aromatic nitrogens is 1. The van der Waals surface area contributed by atoms with Crippen molar-refractivity contribution in [2.24, 2.45) is 0 Å². The van der Waals surface area contributed by atoms with E-state index in [0.29, 0.717) is 5.03 Å². The maximum Gasteiger partial charge on any atom is 0.341 e. The minimum absolute atomic E-state index is 0.123. The Hall–Kier alpha value is -2.87. The quantitative estimate of drug-likeness (QED) is 0.721. The first-order valence-electron chi connectivity index (χ1n) is 8.78. The van der Waals surface area contributed by atoms with Gasteiger partial charge in [-0.3, -0.25) is 10.1 Å². The molecule has 1 atom stereocenters. The van der Waals surface area contributed by atoms with Crippen molar-refractivity contribution >= 4 is 29.7 Å². The number of carbonyl (C=O) groups excluding carboxylic acids is 3. The van der Waals surface area contributed by atoms with Gasteiger partial charge in [-0.15, -0.1) is 0 Å². The number of hydrogen-bond acceptors (Lipinski definition) is 6. The van der Waals surface area contributed by atoms with Crippen molar-refractivity contribution < 1.29 is 19.1 Å². The first-order valence-corrected chi connectivity index (χ1v) is 9.59. The number of aryl methyl sites for hydroxylation is 1.